The van der Waals surface area contributed by atoms with Crippen molar-refractivity contribution in [3.8, 4) is 11.5 Å². The number of hydrogen-bond donors (Lipinski definition) is 1. The number of piperazine rings is 1. The molecule has 1 N–H and O–H groups in total. The summed E-state index contributed by atoms with van der Waals surface area (Å²) >= 11 is 0. The monoisotopic (exact) mass is 764 g/mol. The van der Waals surface area contributed by atoms with Crippen LogP contribution >= 0.6 is 12.4 Å². The smallest absolute Gasteiger partial charge is 0.416 e. The maximum atomic E-state index is 14.1. The number of nitrogens with zero attached hydrogens (tertiary/aromatic N) is 4. The summed E-state index contributed by atoms with van der Waals surface area (Å²) in [6, 6.07) is 25.6. The molecular formula is C41H44ClF3N4O5. The van der Waals surface area contributed by atoms with Crippen molar-refractivity contribution in [2.75, 3.05) is 63.3 Å². The Morgan fingerprint density at radius 1 is 0.852 bits per heavy atom. The lowest BCUT2D eigenvalue weighted by Gasteiger charge is -2.36. The van der Waals surface area contributed by atoms with E-state index in [9.17, 15) is 22.8 Å². The number of alkyl halides is 3. The van der Waals surface area contributed by atoms with E-state index >= 15 is 0 Å². The fourth-order valence-electron chi connectivity index (χ4n) is 6.80. The average Bonchev–Trinajstić information content (AvgIpc) is 3.54. The number of fused-ring (bicyclic) bond motifs is 1. The molecule has 0 saturated carbocycles. The maximum Gasteiger partial charge on any atom is 0.416 e. The third-order valence-corrected chi connectivity index (χ3v) is 9.66. The van der Waals surface area contributed by atoms with Crippen LogP contribution in [0.25, 0.3) is 10.9 Å². The van der Waals surface area contributed by atoms with Gasteiger partial charge in [-0.3, -0.25) is 14.5 Å². The average molecular weight is 765 g/mol. The molecule has 0 bridgehead atoms. The highest BCUT2D eigenvalue weighted by Crippen LogP contribution is 2.37. The highest BCUT2D eigenvalue weighted by Gasteiger charge is 2.30. The van der Waals surface area contributed by atoms with Crippen LogP contribution in [-0.2, 0) is 17.5 Å². The Kier molecular flexibility index (Phi) is 13.1. The summed E-state index contributed by atoms with van der Waals surface area (Å²) < 4.78 is 53.7. The van der Waals surface area contributed by atoms with E-state index in [1.165, 1.54) is 12.1 Å². The largest absolute Gasteiger partial charge is 0.495 e. The summed E-state index contributed by atoms with van der Waals surface area (Å²) in [6.07, 6.45) is -1.52. The first-order valence-corrected chi connectivity index (χ1v) is 17.7. The van der Waals surface area contributed by atoms with Crippen LogP contribution in [0.2, 0.25) is 0 Å². The zero-order chi connectivity index (χ0) is 37.5. The molecule has 1 fully saturated rings. The number of carboxylic acids is 1. The summed E-state index contributed by atoms with van der Waals surface area (Å²) in [4.78, 5) is 31.7. The van der Waals surface area contributed by atoms with Crippen LogP contribution in [0.15, 0.2) is 97.2 Å². The molecule has 5 aromatic rings. The molecule has 54 heavy (non-hydrogen) atoms. The topological polar surface area (TPSA) is 87.5 Å². The Morgan fingerprint density at radius 2 is 1.56 bits per heavy atom. The van der Waals surface area contributed by atoms with Gasteiger partial charge in [0.2, 0.25) is 0 Å². The molecule has 4 aromatic carbocycles. The molecule has 2 heterocycles. The van der Waals surface area contributed by atoms with Gasteiger partial charge in [-0.15, -0.1) is 12.4 Å². The highest BCUT2D eigenvalue weighted by atomic mass is 35.5. The molecule has 0 spiro atoms. The summed E-state index contributed by atoms with van der Waals surface area (Å²) in [5, 5.41) is 9.88. The number of aryl methyl sites for hydroxylation is 1. The van der Waals surface area contributed by atoms with E-state index in [1.807, 2.05) is 47.0 Å². The fraction of sp³-hybridized carbons (Fsp3) is 0.317. The molecule has 1 aliphatic heterocycles. The van der Waals surface area contributed by atoms with Crippen LogP contribution in [0.5, 0.6) is 11.5 Å². The Balaban J connectivity index is 0.00000561. The highest BCUT2D eigenvalue weighted by molar-refractivity contribution is 6.16. The molecule has 286 valence electrons. The quantitative estimate of drug-likeness (QED) is 0.0839. The van der Waals surface area contributed by atoms with Crippen LogP contribution in [0.3, 0.4) is 0 Å². The molecule has 0 unspecified atom stereocenters. The first-order valence-electron chi connectivity index (χ1n) is 17.7. The second-order valence-electron chi connectivity index (χ2n) is 13.1. The Bertz CT molecular complexity index is 2050. The minimum absolute atomic E-state index is 0. The molecule has 1 aliphatic rings. The number of halogens is 4. The Hall–Kier alpha value is -5.20. The lowest BCUT2D eigenvalue weighted by Crippen LogP contribution is -2.46. The van der Waals surface area contributed by atoms with E-state index in [1.54, 1.807) is 43.5 Å². The minimum atomic E-state index is -4.45. The molecule has 0 amide bonds. The predicted molar refractivity (Wildman–Crippen MR) is 207 cm³/mol. The number of carbonyl (C=O) groups is 2. The van der Waals surface area contributed by atoms with Gasteiger partial charge in [0.1, 0.15) is 11.5 Å². The fourth-order valence-corrected chi connectivity index (χ4v) is 6.80. The van der Waals surface area contributed by atoms with Crippen molar-refractivity contribution in [2.45, 2.75) is 32.0 Å². The van der Waals surface area contributed by atoms with Crippen LogP contribution in [0.4, 0.5) is 30.2 Å². The van der Waals surface area contributed by atoms with Crippen molar-refractivity contribution in [2.24, 2.45) is 0 Å². The van der Waals surface area contributed by atoms with Gasteiger partial charge < -0.3 is 28.9 Å². The third-order valence-electron chi connectivity index (χ3n) is 9.66. The molecule has 0 atom stereocenters. The van der Waals surface area contributed by atoms with E-state index in [-0.39, 0.29) is 24.6 Å². The molecule has 9 nitrogen and oxygen atoms in total. The number of rotatable bonds is 15. The van der Waals surface area contributed by atoms with E-state index in [2.05, 4.69) is 15.9 Å². The normalized spacial score (nSPS) is 13.4. The SMILES string of the molecule is COc1ccccc1N1CCN(CCCOc2cc(C(=O)c3cn(CCCC(=O)O)c4ccccc34)ccc2N(C)c2ccc(C(F)(F)F)cc2)CC1.Cl. The molecular weight excluding hydrogens is 721 g/mol. The van der Waals surface area contributed by atoms with Crippen LogP contribution in [0, 0.1) is 0 Å². The molecule has 0 radical (unpaired) electrons. The predicted octanol–water partition coefficient (Wildman–Crippen LogP) is 8.55. The third kappa shape index (κ3) is 9.29. The number of aromatic nitrogens is 1. The van der Waals surface area contributed by atoms with Crippen molar-refractivity contribution in [3.05, 3.63) is 114 Å². The minimum Gasteiger partial charge on any atom is -0.495 e. The number of carboxylic acid groups (broad SMARTS) is 1. The van der Waals surface area contributed by atoms with Gasteiger partial charge in [0.25, 0.3) is 0 Å². The van der Waals surface area contributed by atoms with Crippen LogP contribution < -0.4 is 19.3 Å². The summed E-state index contributed by atoms with van der Waals surface area (Å²) in [6.45, 7) is 5.11. The first-order chi connectivity index (χ1) is 25.5. The standard InChI is InChI=1S/C41H43F3N4O5.ClH/c1-45(31-17-15-30(16-18-31)41(42,43)44)35-19-14-29(40(51)33-28-48(21-7-13-39(49)50)34-10-4-3-9-32(33)34)27-38(35)53-26-8-20-46-22-24-47(25-23-46)36-11-5-6-12-37(36)52-2;/h3-6,9-12,14-19,27-28H,7-8,13,20-26H2,1-2H3,(H,49,50);1H. The van der Waals surface area contributed by atoms with Crippen molar-refractivity contribution in [1.29, 1.82) is 0 Å². The van der Waals surface area contributed by atoms with Crippen molar-refractivity contribution in [1.82, 2.24) is 9.47 Å². The van der Waals surface area contributed by atoms with E-state index in [0.29, 0.717) is 47.8 Å². The van der Waals surface area contributed by atoms with Crippen LogP contribution in [0.1, 0.15) is 40.7 Å². The number of anilines is 3. The number of carbonyl (C=O) groups excluding carboxylic acids is 1. The van der Waals surface area contributed by atoms with Crippen molar-refractivity contribution >= 4 is 52.1 Å². The lowest BCUT2D eigenvalue weighted by atomic mass is 10.0. The molecule has 1 saturated heterocycles. The molecule has 1 aromatic heterocycles. The number of aliphatic carboxylic acids is 1. The van der Waals surface area contributed by atoms with E-state index in [0.717, 1.165) is 73.6 Å². The van der Waals surface area contributed by atoms with Gasteiger partial charge in [-0.05, 0) is 73.5 Å². The van der Waals surface area contributed by atoms with Crippen molar-refractivity contribution < 1.29 is 37.3 Å². The molecule has 13 heteroatoms. The number of ether oxygens (including phenoxy) is 2. The second-order valence-corrected chi connectivity index (χ2v) is 13.1. The van der Waals surface area contributed by atoms with Gasteiger partial charge in [0.15, 0.2) is 5.78 Å². The van der Waals surface area contributed by atoms with Crippen molar-refractivity contribution in [3.63, 3.8) is 0 Å². The Morgan fingerprint density at radius 3 is 2.26 bits per heavy atom. The lowest BCUT2D eigenvalue weighted by molar-refractivity contribution is -0.138. The van der Waals surface area contributed by atoms with Gasteiger partial charge in [-0.1, -0.05) is 30.3 Å². The van der Waals surface area contributed by atoms with Gasteiger partial charge in [-0.25, -0.2) is 0 Å². The number of para-hydroxylation sites is 3. The zero-order valence-electron chi connectivity index (χ0n) is 30.2. The molecule has 6 rings (SSSR count). The van der Waals surface area contributed by atoms with E-state index in [4.69, 9.17) is 14.6 Å². The molecule has 0 aliphatic carbocycles. The van der Waals surface area contributed by atoms with Gasteiger partial charge in [0, 0.05) is 86.7 Å². The first kappa shape index (κ1) is 40.0. The van der Waals surface area contributed by atoms with Gasteiger partial charge in [-0.2, -0.15) is 13.2 Å². The van der Waals surface area contributed by atoms with Crippen LogP contribution in [-0.4, -0.2) is 79.8 Å². The summed E-state index contributed by atoms with van der Waals surface area (Å²) in [5.41, 5.74) is 3.18. The van der Waals surface area contributed by atoms with Gasteiger partial charge >= 0.3 is 12.1 Å². The van der Waals surface area contributed by atoms with Gasteiger partial charge in [0.05, 0.1) is 30.7 Å². The van der Waals surface area contributed by atoms with E-state index < -0.39 is 17.7 Å². The maximum absolute atomic E-state index is 14.1. The number of benzene rings is 4. The Labute approximate surface area is 318 Å². The number of ketones is 1. The number of hydrogen-bond acceptors (Lipinski definition) is 7. The second kappa shape index (κ2) is 17.7. The number of methoxy groups -OCH3 is 1. The summed E-state index contributed by atoms with van der Waals surface area (Å²) in [7, 11) is 3.43. The summed E-state index contributed by atoms with van der Waals surface area (Å²) in [5.74, 6) is 0.191. The zero-order valence-corrected chi connectivity index (χ0v) is 31.0.